The fourth-order valence-electron chi connectivity index (χ4n) is 2.54. The first-order valence-corrected chi connectivity index (χ1v) is 7.81. The van der Waals surface area contributed by atoms with Gasteiger partial charge >= 0.3 is 5.97 Å². The molecule has 1 unspecified atom stereocenters. The van der Waals surface area contributed by atoms with Gasteiger partial charge in [-0.1, -0.05) is 20.3 Å². The van der Waals surface area contributed by atoms with Gasteiger partial charge in [-0.05, 0) is 46.0 Å². The van der Waals surface area contributed by atoms with Gasteiger partial charge < -0.3 is 15.2 Å². The maximum atomic E-state index is 12.3. The Hall–Kier alpha value is -1.10. The van der Waals surface area contributed by atoms with Crippen LogP contribution in [0.5, 0.6) is 0 Å². The number of ether oxygens (including phenoxy) is 1. The second kappa shape index (κ2) is 7.25. The summed E-state index contributed by atoms with van der Waals surface area (Å²) in [6.07, 6.45) is 2.43. The van der Waals surface area contributed by atoms with Crippen molar-refractivity contribution in [3.63, 3.8) is 0 Å². The number of amides is 1. The molecule has 0 radical (unpaired) electrons. The summed E-state index contributed by atoms with van der Waals surface area (Å²) in [5.74, 6) is -0.810. The molecule has 1 saturated carbocycles. The monoisotopic (exact) mass is 299 g/mol. The number of rotatable bonds is 4. The summed E-state index contributed by atoms with van der Waals surface area (Å²) in [5, 5.41) is 12.5. The van der Waals surface area contributed by atoms with Gasteiger partial charge in [0.1, 0.15) is 11.6 Å². The van der Waals surface area contributed by atoms with Crippen molar-refractivity contribution in [1.82, 2.24) is 5.32 Å². The number of hydrogen-bond acceptors (Lipinski definition) is 4. The molecule has 0 aromatic carbocycles. The third-order valence-electron chi connectivity index (χ3n) is 3.64. The highest BCUT2D eigenvalue weighted by Gasteiger charge is 2.33. The van der Waals surface area contributed by atoms with Gasteiger partial charge in [-0.2, -0.15) is 0 Å². The Morgan fingerprint density at radius 3 is 2.33 bits per heavy atom. The van der Waals surface area contributed by atoms with Crippen LogP contribution in [-0.4, -0.2) is 34.7 Å². The maximum Gasteiger partial charge on any atom is 0.329 e. The van der Waals surface area contributed by atoms with Crippen molar-refractivity contribution < 1.29 is 19.4 Å². The molecule has 0 aromatic heterocycles. The summed E-state index contributed by atoms with van der Waals surface area (Å²) in [5.41, 5.74) is -0.573. The minimum Gasteiger partial charge on any atom is -0.458 e. The van der Waals surface area contributed by atoms with E-state index in [2.05, 4.69) is 5.32 Å². The van der Waals surface area contributed by atoms with Gasteiger partial charge in [0, 0.05) is 5.92 Å². The molecule has 0 aliphatic heterocycles. The zero-order valence-corrected chi connectivity index (χ0v) is 13.8. The highest BCUT2D eigenvalue weighted by molar-refractivity contribution is 5.86. The average Bonchev–Trinajstić information content (AvgIpc) is 2.32. The second-order valence-corrected chi connectivity index (χ2v) is 7.28. The molecular weight excluding hydrogens is 270 g/mol. The summed E-state index contributed by atoms with van der Waals surface area (Å²) < 4.78 is 5.37. The van der Waals surface area contributed by atoms with Crippen molar-refractivity contribution in [2.24, 2.45) is 11.8 Å². The molecule has 1 aliphatic carbocycles. The molecule has 1 aliphatic rings. The lowest BCUT2D eigenvalue weighted by molar-refractivity contribution is -0.160. The topological polar surface area (TPSA) is 75.6 Å². The van der Waals surface area contributed by atoms with E-state index < -0.39 is 23.7 Å². The molecule has 0 aromatic rings. The van der Waals surface area contributed by atoms with Crippen molar-refractivity contribution in [1.29, 1.82) is 0 Å². The largest absolute Gasteiger partial charge is 0.458 e. The van der Waals surface area contributed by atoms with Gasteiger partial charge in [0.05, 0.1) is 6.10 Å². The molecule has 3 atom stereocenters. The Morgan fingerprint density at radius 2 is 1.86 bits per heavy atom. The molecule has 1 amide bonds. The average molecular weight is 299 g/mol. The number of esters is 1. The smallest absolute Gasteiger partial charge is 0.329 e. The Labute approximate surface area is 127 Å². The van der Waals surface area contributed by atoms with Crippen molar-refractivity contribution in [2.45, 2.75) is 78.0 Å². The SMILES string of the molecule is CC(C)C(NC(=O)[C@@H]1CCC[C@H](O)C1)C(=O)OC(C)(C)C. The quantitative estimate of drug-likeness (QED) is 0.779. The van der Waals surface area contributed by atoms with Crippen LogP contribution in [0.3, 0.4) is 0 Å². The third-order valence-corrected chi connectivity index (χ3v) is 3.64. The number of hydrogen-bond donors (Lipinski definition) is 2. The molecule has 1 rings (SSSR count). The van der Waals surface area contributed by atoms with Gasteiger partial charge in [0.25, 0.3) is 0 Å². The van der Waals surface area contributed by atoms with Crippen molar-refractivity contribution >= 4 is 11.9 Å². The summed E-state index contributed by atoms with van der Waals surface area (Å²) in [4.78, 5) is 24.5. The fourth-order valence-corrected chi connectivity index (χ4v) is 2.54. The van der Waals surface area contributed by atoms with E-state index in [4.69, 9.17) is 4.74 Å². The molecule has 2 N–H and O–H groups in total. The summed E-state index contributed by atoms with van der Waals surface area (Å²) in [7, 11) is 0. The molecular formula is C16H29NO4. The second-order valence-electron chi connectivity index (χ2n) is 7.28. The Bertz CT molecular complexity index is 373. The van der Waals surface area contributed by atoms with Crippen LogP contribution in [0.2, 0.25) is 0 Å². The zero-order valence-electron chi connectivity index (χ0n) is 13.8. The van der Waals surface area contributed by atoms with Crippen molar-refractivity contribution in [3.05, 3.63) is 0 Å². The number of aliphatic hydroxyl groups excluding tert-OH is 1. The Morgan fingerprint density at radius 1 is 1.24 bits per heavy atom. The first-order valence-electron chi connectivity index (χ1n) is 7.81. The molecule has 5 heteroatoms. The van der Waals surface area contributed by atoms with E-state index in [1.807, 2.05) is 34.6 Å². The van der Waals surface area contributed by atoms with E-state index in [1.54, 1.807) is 0 Å². The van der Waals surface area contributed by atoms with Gasteiger partial charge in [-0.3, -0.25) is 4.79 Å². The van der Waals surface area contributed by atoms with E-state index >= 15 is 0 Å². The minimum absolute atomic E-state index is 0.0442. The number of carbonyl (C=O) groups excluding carboxylic acids is 2. The van der Waals surface area contributed by atoms with E-state index in [9.17, 15) is 14.7 Å². The number of nitrogens with one attached hydrogen (secondary N) is 1. The van der Waals surface area contributed by atoms with Gasteiger partial charge in [-0.25, -0.2) is 4.79 Å². The van der Waals surface area contributed by atoms with Crippen LogP contribution in [0.15, 0.2) is 0 Å². The van der Waals surface area contributed by atoms with Crippen LogP contribution in [0, 0.1) is 11.8 Å². The van der Waals surface area contributed by atoms with Crippen LogP contribution in [0.25, 0.3) is 0 Å². The van der Waals surface area contributed by atoms with Crippen LogP contribution < -0.4 is 5.32 Å². The van der Waals surface area contributed by atoms with Crippen molar-refractivity contribution in [2.75, 3.05) is 0 Å². The fraction of sp³-hybridized carbons (Fsp3) is 0.875. The third kappa shape index (κ3) is 6.04. The lowest BCUT2D eigenvalue weighted by atomic mass is 9.86. The molecule has 5 nitrogen and oxygen atoms in total. The first kappa shape index (κ1) is 18.0. The Kier molecular flexibility index (Phi) is 6.20. The number of aliphatic hydroxyl groups is 1. The molecule has 122 valence electrons. The van der Waals surface area contributed by atoms with Gasteiger partial charge in [-0.15, -0.1) is 0 Å². The highest BCUT2D eigenvalue weighted by Crippen LogP contribution is 2.25. The molecule has 0 heterocycles. The van der Waals surface area contributed by atoms with Crippen LogP contribution in [-0.2, 0) is 14.3 Å². The van der Waals surface area contributed by atoms with E-state index in [1.165, 1.54) is 0 Å². The minimum atomic E-state index is -0.643. The molecule has 0 saturated heterocycles. The van der Waals surface area contributed by atoms with E-state index in [-0.39, 0.29) is 17.7 Å². The maximum absolute atomic E-state index is 12.3. The lowest BCUT2D eigenvalue weighted by Gasteiger charge is -2.29. The van der Waals surface area contributed by atoms with Crippen LogP contribution in [0.4, 0.5) is 0 Å². The first-order chi connectivity index (χ1) is 9.60. The lowest BCUT2D eigenvalue weighted by Crippen LogP contribution is -2.49. The normalized spacial score (nSPS) is 24.5. The summed E-state index contributed by atoms with van der Waals surface area (Å²) in [6.45, 7) is 9.18. The van der Waals surface area contributed by atoms with Crippen LogP contribution in [0.1, 0.15) is 60.3 Å². The van der Waals surface area contributed by atoms with Crippen molar-refractivity contribution in [3.8, 4) is 0 Å². The molecule has 0 bridgehead atoms. The predicted octanol–water partition coefficient (Wildman–Crippen LogP) is 2.02. The molecule has 0 spiro atoms. The van der Waals surface area contributed by atoms with Gasteiger partial charge in [0.15, 0.2) is 0 Å². The van der Waals surface area contributed by atoms with E-state index in [0.717, 1.165) is 19.3 Å². The molecule has 1 fully saturated rings. The summed E-state index contributed by atoms with van der Waals surface area (Å²) in [6, 6.07) is -0.643. The summed E-state index contributed by atoms with van der Waals surface area (Å²) >= 11 is 0. The standard InChI is InChI=1S/C16H29NO4/c1-10(2)13(15(20)21-16(3,4)5)17-14(19)11-7-6-8-12(18)9-11/h10-13,18H,6-9H2,1-5H3,(H,17,19)/t11-,12+,13?/m1/s1. The number of carbonyl (C=O) groups is 2. The predicted molar refractivity (Wildman–Crippen MR) is 80.6 cm³/mol. The highest BCUT2D eigenvalue weighted by atomic mass is 16.6. The van der Waals surface area contributed by atoms with Crippen LogP contribution >= 0.6 is 0 Å². The Balaban J connectivity index is 2.65. The zero-order chi connectivity index (χ0) is 16.2. The molecule has 21 heavy (non-hydrogen) atoms. The van der Waals surface area contributed by atoms with E-state index in [0.29, 0.717) is 6.42 Å². The van der Waals surface area contributed by atoms with Gasteiger partial charge in [0.2, 0.25) is 5.91 Å².